The fourth-order valence-electron chi connectivity index (χ4n) is 3.55. The van der Waals surface area contributed by atoms with Crippen molar-refractivity contribution in [3.8, 4) is 0 Å². The molecule has 0 unspecified atom stereocenters. The molecule has 0 radical (unpaired) electrons. The summed E-state index contributed by atoms with van der Waals surface area (Å²) in [6.07, 6.45) is 5.33. The summed E-state index contributed by atoms with van der Waals surface area (Å²) in [5.41, 5.74) is 1.10. The van der Waals surface area contributed by atoms with Gasteiger partial charge in [-0.2, -0.15) is 11.8 Å². The zero-order chi connectivity index (χ0) is 16.8. The van der Waals surface area contributed by atoms with Gasteiger partial charge in [0.15, 0.2) is 0 Å². The Hall–Kier alpha value is -1.27. The first-order chi connectivity index (χ1) is 11.7. The van der Waals surface area contributed by atoms with E-state index in [0.29, 0.717) is 6.04 Å². The Morgan fingerprint density at radius 3 is 2.83 bits per heavy atom. The van der Waals surface area contributed by atoms with Crippen LogP contribution in [-0.2, 0) is 6.54 Å². The van der Waals surface area contributed by atoms with Crippen molar-refractivity contribution in [1.82, 2.24) is 20.1 Å². The van der Waals surface area contributed by atoms with E-state index in [1.165, 1.54) is 12.2 Å². The number of nitrogens with zero attached hydrogens (tertiary/aromatic N) is 3. The van der Waals surface area contributed by atoms with Crippen LogP contribution in [0.4, 0.5) is 4.79 Å². The van der Waals surface area contributed by atoms with Gasteiger partial charge >= 0.3 is 6.03 Å². The van der Waals surface area contributed by atoms with Crippen LogP contribution in [0.5, 0.6) is 0 Å². The first-order valence-corrected chi connectivity index (χ1v) is 10.1. The predicted molar refractivity (Wildman–Crippen MR) is 99.2 cm³/mol. The van der Waals surface area contributed by atoms with Crippen molar-refractivity contribution in [1.29, 1.82) is 0 Å². The zero-order valence-electron chi connectivity index (χ0n) is 14.5. The van der Waals surface area contributed by atoms with E-state index in [1.54, 1.807) is 0 Å². The van der Waals surface area contributed by atoms with Crippen LogP contribution >= 0.6 is 11.8 Å². The number of aromatic nitrogens is 1. The summed E-state index contributed by atoms with van der Waals surface area (Å²) < 4.78 is 0. The molecule has 24 heavy (non-hydrogen) atoms. The number of piperazine rings is 1. The van der Waals surface area contributed by atoms with Gasteiger partial charge in [-0.05, 0) is 37.1 Å². The average Bonchev–Trinajstić information content (AvgIpc) is 3.04. The second-order valence-corrected chi connectivity index (χ2v) is 8.20. The average molecular weight is 349 g/mol. The lowest BCUT2D eigenvalue weighted by Gasteiger charge is -2.35. The molecule has 3 rings (SSSR count). The SMILES string of the molecule is CCS[C@H]1CC[C@@H](NC(=O)N2CCN(Cc3ccccn3)CC2)C1. The van der Waals surface area contributed by atoms with Gasteiger partial charge in [-0.1, -0.05) is 13.0 Å². The molecular weight excluding hydrogens is 320 g/mol. The minimum absolute atomic E-state index is 0.125. The lowest BCUT2D eigenvalue weighted by Crippen LogP contribution is -2.53. The van der Waals surface area contributed by atoms with Gasteiger partial charge in [-0.15, -0.1) is 0 Å². The second-order valence-electron chi connectivity index (χ2n) is 6.62. The molecule has 2 atom stereocenters. The Balaban J connectivity index is 1.39. The van der Waals surface area contributed by atoms with Crippen molar-refractivity contribution in [3.05, 3.63) is 30.1 Å². The number of hydrogen-bond acceptors (Lipinski definition) is 4. The van der Waals surface area contributed by atoms with E-state index < -0.39 is 0 Å². The predicted octanol–water partition coefficient (Wildman–Crippen LogP) is 2.58. The standard InChI is InChI=1S/C18H28N4OS/c1-2-24-17-7-6-15(13-17)20-18(23)22-11-9-21(10-12-22)14-16-5-3-4-8-19-16/h3-5,8,15,17H,2,6-7,9-14H2,1H3,(H,20,23)/t15-,17+/m1/s1. The van der Waals surface area contributed by atoms with Crippen molar-refractivity contribution in [2.75, 3.05) is 31.9 Å². The maximum atomic E-state index is 12.5. The molecule has 1 aromatic heterocycles. The summed E-state index contributed by atoms with van der Waals surface area (Å²) in [4.78, 5) is 21.2. The highest BCUT2D eigenvalue weighted by atomic mass is 32.2. The maximum absolute atomic E-state index is 12.5. The number of carbonyl (C=O) groups excluding carboxylic acids is 1. The first kappa shape index (κ1) is 17.5. The van der Waals surface area contributed by atoms with Gasteiger partial charge in [0.2, 0.25) is 0 Å². The van der Waals surface area contributed by atoms with Crippen LogP contribution in [-0.4, -0.2) is 64.0 Å². The van der Waals surface area contributed by atoms with Crippen LogP contribution in [0.3, 0.4) is 0 Å². The lowest BCUT2D eigenvalue weighted by molar-refractivity contribution is 0.132. The summed E-state index contributed by atoms with van der Waals surface area (Å²) in [5, 5.41) is 3.98. The smallest absolute Gasteiger partial charge is 0.317 e. The summed E-state index contributed by atoms with van der Waals surface area (Å²) in [5.74, 6) is 1.17. The lowest BCUT2D eigenvalue weighted by atomic mass is 10.2. The number of urea groups is 1. The zero-order valence-corrected chi connectivity index (χ0v) is 15.3. The molecule has 2 heterocycles. The van der Waals surface area contributed by atoms with Crippen LogP contribution < -0.4 is 5.32 Å². The number of carbonyl (C=O) groups is 1. The largest absolute Gasteiger partial charge is 0.335 e. The molecule has 0 aromatic carbocycles. The highest BCUT2D eigenvalue weighted by Crippen LogP contribution is 2.29. The van der Waals surface area contributed by atoms with E-state index in [1.807, 2.05) is 35.0 Å². The van der Waals surface area contributed by atoms with Crippen molar-refractivity contribution in [2.45, 2.75) is 44.0 Å². The third-order valence-electron chi connectivity index (χ3n) is 4.89. The minimum atomic E-state index is 0.125. The Morgan fingerprint density at radius 2 is 2.12 bits per heavy atom. The van der Waals surface area contributed by atoms with Gasteiger partial charge in [0.25, 0.3) is 0 Å². The topological polar surface area (TPSA) is 48.5 Å². The number of amides is 2. The third-order valence-corrected chi connectivity index (χ3v) is 6.12. The molecule has 5 nitrogen and oxygen atoms in total. The van der Waals surface area contributed by atoms with Crippen LogP contribution in [0.25, 0.3) is 0 Å². The molecular formula is C18H28N4OS. The number of hydrogen-bond donors (Lipinski definition) is 1. The van der Waals surface area contributed by atoms with E-state index in [2.05, 4.69) is 28.2 Å². The summed E-state index contributed by atoms with van der Waals surface area (Å²) in [7, 11) is 0. The molecule has 1 N–H and O–H groups in total. The molecule has 1 aromatic rings. The summed E-state index contributed by atoms with van der Waals surface area (Å²) in [6, 6.07) is 6.52. The Morgan fingerprint density at radius 1 is 1.29 bits per heavy atom. The normalized spacial score (nSPS) is 25.0. The molecule has 132 valence electrons. The van der Waals surface area contributed by atoms with E-state index in [-0.39, 0.29) is 6.03 Å². The van der Waals surface area contributed by atoms with Crippen LogP contribution in [0, 0.1) is 0 Å². The van der Waals surface area contributed by atoms with Crippen molar-refractivity contribution < 1.29 is 4.79 Å². The van der Waals surface area contributed by atoms with Crippen LogP contribution in [0.2, 0.25) is 0 Å². The molecule has 1 aliphatic heterocycles. The van der Waals surface area contributed by atoms with Crippen molar-refractivity contribution in [2.24, 2.45) is 0 Å². The fraction of sp³-hybridized carbons (Fsp3) is 0.667. The molecule has 1 aliphatic carbocycles. The highest BCUT2D eigenvalue weighted by Gasteiger charge is 2.28. The molecule has 2 fully saturated rings. The van der Waals surface area contributed by atoms with Gasteiger partial charge in [-0.25, -0.2) is 4.79 Å². The summed E-state index contributed by atoms with van der Waals surface area (Å²) in [6.45, 7) is 6.53. The van der Waals surface area contributed by atoms with Gasteiger partial charge in [0.1, 0.15) is 0 Å². The molecule has 0 bridgehead atoms. The van der Waals surface area contributed by atoms with Crippen LogP contribution in [0.1, 0.15) is 31.9 Å². The van der Waals surface area contributed by atoms with Crippen molar-refractivity contribution in [3.63, 3.8) is 0 Å². The Labute approximate surface area is 149 Å². The Bertz CT molecular complexity index is 519. The quantitative estimate of drug-likeness (QED) is 0.888. The highest BCUT2D eigenvalue weighted by molar-refractivity contribution is 7.99. The molecule has 2 amide bonds. The molecule has 0 spiro atoms. The van der Waals surface area contributed by atoms with Crippen LogP contribution in [0.15, 0.2) is 24.4 Å². The molecule has 1 saturated carbocycles. The van der Waals surface area contributed by atoms with Gasteiger partial charge < -0.3 is 10.2 Å². The monoisotopic (exact) mass is 348 g/mol. The number of pyridine rings is 1. The Kier molecular flexibility index (Phi) is 6.37. The minimum Gasteiger partial charge on any atom is -0.335 e. The fourth-order valence-corrected chi connectivity index (χ4v) is 4.70. The van der Waals surface area contributed by atoms with Gasteiger partial charge in [0, 0.05) is 50.2 Å². The number of nitrogens with one attached hydrogen (secondary N) is 1. The van der Waals surface area contributed by atoms with E-state index in [9.17, 15) is 4.79 Å². The first-order valence-electron chi connectivity index (χ1n) is 9.04. The third kappa shape index (κ3) is 4.86. The van der Waals surface area contributed by atoms with E-state index >= 15 is 0 Å². The molecule has 1 saturated heterocycles. The van der Waals surface area contributed by atoms with E-state index in [4.69, 9.17) is 0 Å². The number of rotatable bonds is 5. The van der Waals surface area contributed by atoms with E-state index in [0.717, 1.165) is 56.5 Å². The maximum Gasteiger partial charge on any atom is 0.317 e. The second kappa shape index (κ2) is 8.72. The van der Waals surface area contributed by atoms with Crippen molar-refractivity contribution >= 4 is 17.8 Å². The van der Waals surface area contributed by atoms with Gasteiger partial charge in [-0.3, -0.25) is 9.88 Å². The summed E-state index contributed by atoms with van der Waals surface area (Å²) >= 11 is 2.03. The number of thioether (sulfide) groups is 1. The molecule has 2 aliphatic rings. The van der Waals surface area contributed by atoms with Gasteiger partial charge in [0.05, 0.1) is 5.69 Å². The molecule has 6 heteroatoms.